The van der Waals surface area contributed by atoms with Crippen molar-refractivity contribution in [1.82, 2.24) is 24.9 Å². The number of carboxylic acids is 1. The number of aliphatic carboxylic acids is 1. The van der Waals surface area contributed by atoms with Gasteiger partial charge in [-0.05, 0) is 65.7 Å². The van der Waals surface area contributed by atoms with Crippen LogP contribution in [0.2, 0.25) is 0 Å². The maximum atomic E-state index is 13.1. The van der Waals surface area contributed by atoms with E-state index in [4.69, 9.17) is 0 Å². The Kier molecular flexibility index (Phi) is 6.24. The van der Waals surface area contributed by atoms with Gasteiger partial charge in [0, 0.05) is 5.56 Å². The van der Waals surface area contributed by atoms with E-state index in [1.54, 1.807) is 30.3 Å². The number of sulfonamides is 1. The quantitative estimate of drug-likeness (QED) is 0.407. The van der Waals surface area contributed by atoms with Gasteiger partial charge in [0.25, 0.3) is 0 Å². The average Bonchev–Trinajstić information content (AvgIpc) is 3.30. The minimum absolute atomic E-state index is 0.00387. The van der Waals surface area contributed by atoms with Crippen molar-refractivity contribution in [3.8, 4) is 17.1 Å². The lowest BCUT2D eigenvalue weighted by Crippen LogP contribution is -2.42. The fraction of sp³-hybridized carbons (Fsp3) is 0.0909. The second kappa shape index (κ2) is 9.27. The van der Waals surface area contributed by atoms with Crippen LogP contribution >= 0.6 is 0 Å². The van der Waals surface area contributed by atoms with Gasteiger partial charge in [0.15, 0.2) is 0 Å². The Morgan fingerprint density at radius 3 is 2.30 bits per heavy atom. The molecule has 1 atom stereocenters. The molecule has 0 spiro atoms. The molecule has 0 saturated carbocycles. The van der Waals surface area contributed by atoms with Crippen molar-refractivity contribution in [3.63, 3.8) is 0 Å². The molecule has 3 aromatic carbocycles. The summed E-state index contributed by atoms with van der Waals surface area (Å²) in [6.45, 7) is 0. The maximum Gasteiger partial charge on any atom is 0.322 e. The number of hydrogen-bond acceptors (Lipinski definition) is 6. The number of benzene rings is 3. The molecule has 33 heavy (non-hydrogen) atoms. The molecule has 9 nitrogen and oxygen atoms in total. The van der Waals surface area contributed by atoms with E-state index in [0.29, 0.717) is 16.8 Å². The Morgan fingerprint density at radius 1 is 1.00 bits per heavy atom. The van der Waals surface area contributed by atoms with E-state index < -0.39 is 27.9 Å². The molecule has 0 fully saturated rings. The molecule has 1 unspecified atom stereocenters. The van der Waals surface area contributed by atoms with Gasteiger partial charge in [0.05, 0.1) is 10.6 Å². The van der Waals surface area contributed by atoms with Crippen LogP contribution in [0.5, 0.6) is 0 Å². The highest BCUT2D eigenvalue weighted by Gasteiger charge is 2.26. The molecular weight excluding hydrogens is 449 g/mol. The van der Waals surface area contributed by atoms with Crippen LogP contribution in [-0.4, -0.2) is 45.7 Å². The Hall–Kier alpha value is -3.96. The van der Waals surface area contributed by atoms with Crippen LogP contribution in [0.4, 0.5) is 4.39 Å². The lowest BCUT2D eigenvalue weighted by atomic mass is 10.1. The topological polar surface area (TPSA) is 127 Å². The van der Waals surface area contributed by atoms with Crippen molar-refractivity contribution in [2.45, 2.75) is 17.4 Å². The monoisotopic (exact) mass is 467 g/mol. The van der Waals surface area contributed by atoms with Gasteiger partial charge in [0.1, 0.15) is 11.9 Å². The van der Waals surface area contributed by atoms with Crippen molar-refractivity contribution < 1.29 is 22.7 Å². The summed E-state index contributed by atoms with van der Waals surface area (Å²) in [5.41, 5.74) is 1.70. The molecule has 0 saturated heterocycles. The molecule has 0 aliphatic carbocycles. The zero-order valence-electron chi connectivity index (χ0n) is 17.0. The van der Waals surface area contributed by atoms with Crippen LogP contribution in [-0.2, 0) is 21.2 Å². The summed E-state index contributed by atoms with van der Waals surface area (Å²) < 4.78 is 40.8. The van der Waals surface area contributed by atoms with E-state index in [0.717, 1.165) is 0 Å². The van der Waals surface area contributed by atoms with Crippen molar-refractivity contribution >= 4 is 16.0 Å². The molecule has 1 aromatic heterocycles. The molecule has 2 N–H and O–H groups in total. The van der Waals surface area contributed by atoms with E-state index >= 15 is 0 Å². The van der Waals surface area contributed by atoms with Crippen LogP contribution in [0.1, 0.15) is 5.56 Å². The Morgan fingerprint density at radius 2 is 1.67 bits per heavy atom. The minimum Gasteiger partial charge on any atom is -0.480 e. The van der Waals surface area contributed by atoms with Crippen LogP contribution in [0.3, 0.4) is 0 Å². The number of carbonyl (C=O) groups is 1. The second-order valence-corrected chi connectivity index (χ2v) is 8.82. The third kappa shape index (κ3) is 5.27. The number of halogens is 1. The van der Waals surface area contributed by atoms with Gasteiger partial charge >= 0.3 is 5.97 Å². The third-order valence-corrected chi connectivity index (χ3v) is 6.26. The van der Waals surface area contributed by atoms with Crippen LogP contribution in [0.15, 0.2) is 83.8 Å². The normalized spacial score (nSPS) is 12.4. The molecule has 4 rings (SSSR count). The molecular formula is C22H18FN5O4S. The molecule has 0 bridgehead atoms. The number of tetrazole rings is 1. The number of hydrogen-bond donors (Lipinski definition) is 2. The van der Waals surface area contributed by atoms with Crippen molar-refractivity contribution in [3.05, 3.63) is 90.2 Å². The largest absolute Gasteiger partial charge is 0.480 e. The fourth-order valence-electron chi connectivity index (χ4n) is 3.08. The first-order valence-electron chi connectivity index (χ1n) is 9.77. The molecule has 1 heterocycles. The predicted molar refractivity (Wildman–Crippen MR) is 116 cm³/mol. The molecule has 4 aromatic rings. The summed E-state index contributed by atoms with van der Waals surface area (Å²) in [7, 11) is -4.09. The highest BCUT2D eigenvalue weighted by Crippen LogP contribution is 2.19. The Labute approximate surface area is 188 Å². The third-order valence-electron chi connectivity index (χ3n) is 4.77. The summed E-state index contributed by atoms with van der Waals surface area (Å²) in [5, 5.41) is 21.6. The fourth-order valence-corrected chi connectivity index (χ4v) is 4.27. The molecule has 0 radical (unpaired) electrons. The molecule has 11 heteroatoms. The Balaban J connectivity index is 1.51. The first-order chi connectivity index (χ1) is 15.8. The predicted octanol–water partition coefficient (Wildman–Crippen LogP) is 2.44. The number of nitrogens with one attached hydrogen (secondary N) is 1. The highest BCUT2D eigenvalue weighted by atomic mass is 32.2. The minimum atomic E-state index is -4.09. The second-order valence-electron chi connectivity index (χ2n) is 7.11. The zero-order chi connectivity index (χ0) is 23.4. The lowest BCUT2D eigenvalue weighted by Gasteiger charge is -2.15. The molecule has 0 amide bonds. The summed E-state index contributed by atoms with van der Waals surface area (Å²) in [6, 6.07) is 18.6. The standard InChI is InChI=1S/C22H18FN5O4S/c23-17-8-10-18(11-9-17)28-25-21(24-27-28)16-6-12-19(13-7-16)33(31,32)26-20(22(29)30)14-15-4-2-1-3-5-15/h1-13,20,26H,14H2,(H,29,30). The number of aromatic nitrogens is 4. The van der Waals surface area contributed by atoms with Gasteiger partial charge in [-0.25, -0.2) is 12.8 Å². The van der Waals surface area contributed by atoms with Crippen molar-refractivity contribution in [2.75, 3.05) is 0 Å². The maximum absolute atomic E-state index is 13.1. The summed E-state index contributed by atoms with van der Waals surface area (Å²) >= 11 is 0. The highest BCUT2D eigenvalue weighted by molar-refractivity contribution is 7.89. The summed E-state index contributed by atoms with van der Waals surface area (Å²) in [6.07, 6.45) is 0.00387. The molecule has 168 valence electrons. The summed E-state index contributed by atoms with van der Waals surface area (Å²) in [4.78, 5) is 12.7. The van der Waals surface area contributed by atoms with E-state index in [9.17, 15) is 22.7 Å². The van der Waals surface area contributed by atoms with Crippen molar-refractivity contribution in [1.29, 1.82) is 0 Å². The first kappa shape index (κ1) is 22.2. The van der Waals surface area contributed by atoms with E-state index in [2.05, 4.69) is 20.1 Å². The first-order valence-corrected chi connectivity index (χ1v) is 11.3. The number of carboxylic acid groups (broad SMARTS) is 1. The number of nitrogens with zero attached hydrogens (tertiary/aromatic N) is 4. The van der Waals surface area contributed by atoms with Crippen LogP contribution < -0.4 is 4.72 Å². The van der Waals surface area contributed by atoms with Crippen LogP contribution in [0, 0.1) is 5.82 Å². The number of rotatable bonds is 8. The van der Waals surface area contributed by atoms with Gasteiger partial charge in [-0.2, -0.15) is 4.72 Å². The SMILES string of the molecule is O=C(O)C(Cc1ccccc1)NS(=O)(=O)c1ccc(-c2nnn(-c3ccc(F)cc3)n2)cc1. The van der Waals surface area contributed by atoms with Gasteiger partial charge in [-0.15, -0.1) is 15.0 Å². The lowest BCUT2D eigenvalue weighted by molar-refractivity contribution is -0.138. The molecule has 0 aliphatic rings. The van der Waals surface area contributed by atoms with Crippen LogP contribution in [0.25, 0.3) is 17.1 Å². The van der Waals surface area contributed by atoms with Gasteiger partial charge < -0.3 is 5.11 Å². The van der Waals surface area contributed by atoms with E-state index in [1.807, 2.05) is 0 Å². The summed E-state index contributed by atoms with van der Waals surface area (Å²) in [5.74, 6) is -1.43. The molecule has 0 aliphatic heterocycles. The van der Waals surface area contributed by atoms with Gasteiger partial charge in [-0.3, -0.25) is 4.79 Å². The smallest absolute Gasteiger partial charge is 0.322 e. The van der Waals surface area contributed by atoms with Gasteiger partial charge in [-0.1, -0.05) is 30.3 Å². The van der Waals surface area contributed by atoms with E-state index in [1.165, 1.54) is 53.3 Å². The van der Waals surface area contributed by atoms with E-state index in [-0.39, 0.29) is 17.1 Å². The Bertz CT molecular complexity index is 1360. The van der Waals surface area contributed by atoms with Gasteiger partial charge in [0.2, 0.25) is 15.8 Å². The zero-order valence-corrected chi connectivity index (χ0v) is 17.9. The van der Waals surface area contributed by atoms with Crippen molar-refractivity contribution in [2.24, 2.45) is 0 Å². The average molecular weight is 467 g/mol.